The predicted octanol–water partition coefficient (Wildman–Crippen LogP) is 3.91. The fourth-order valence-corrected chi connectivity index (χ4v) is 2.99. The van der Waals surface area contributed by atoms with Gasteiger partial charge < -0.3 is 4.74 Å². The highest BCUT2D eigenvalue weighted by Crippen LogP contribution is 2.46. The number of rotatable bonds is 4. The van der Waals surface area contributed by atoms with E-state index in [1.165, 1.54) is 29.3 Å². The van der Waals surface area contributed by atoms with E-state index in [2.05, 4.69) is 47.1 Å². The van der Waals surface area contributed by atoms with Gasteiger partial charge in [-0.15, -0.1) is 0 Å². The van der Waals surface area contributed by atoms with Crippen LogP contribution >= 0.6 is 15.9 Å². The maximum atomic E-state index is 5.63. The second-order valence-electron chi connectivity index (χ2n) is 4.25. The molecule has 1 fully saturated rings. The Morgan fingerprint density at radius 2 is 2.07 bits per heavy atom. The Kier molecular flexibility index (Phi) is 3.47. The van der Waals surface area contributed by atoms with Crippen molar-refractivity contribution < 1.29 is 4.74 Å². The minimum Gasteiger partial charge on any atom is -0.381 e. The van der Waals surface area contributed by atoms with Crippen LogP contribution < -0.4 is 0 Å². The van der Waals surface area contributed by atoms with E-state index in [4.69, 9.17) is 4.74 Å². The molecule has 1 saturated carbocycles. The van der Waals surface area contributed by atoms with E-state index in [1.54, 1.807) is 0 Å². The van der Waals surface area contributed by atoms with Crippen LogP contribution in [0.5, 0.6) is 0 Å². The number of benzene rings is 1. The van der Waals surface area contributed by atoms with Crippen LogP contribution in [0.15, 0.2) is 28.7 Å². The third-order valence-corrected chi connectivity index (χ3v) is 4.03. The van der Waals surface area contributed by atoms with E-state index < -0.39 is 0 Å². The predicted molar refractivity (Wildman–Crippen MR) is 66.2 cm³/mol. The molecule has 0 atom stereocenters. The number of ether oxygens (including phenoxy) is 1. The molecular weight excluding hydrogens is 252 g/mol. The van der Waals surface area contributed by atoms with Gasteiger partial charge in [-0.2, -0.15) is 0 Å². The van der Waals surface area contributed by atoms with Crippen LogP contribution in [0, 0.1) is 0 Å². The Labute approximate surface area is 100.0 Å². The minimum absolute atomic E-state index is 0.288. The summed E-state index contributed by atoms with van der Waals surface area (Å²) in [5.41, 5.74) is 1.71. The molecule has 0 bridgehead atoms. The molecule has 0 unspecified atom stereocenters. The van der Waals surface area contributed by atoms with Crippen molar-refractivity contribution in [2.24, 2.45) is 0 Å². The molecule has 1 aliphatic carbocycles. The van der Waals surface area contributed by atoms with Gasteiger partial charge in [0.25, 0.3) is 0 Å². The summed E-state index contributed by atoms with van der Waals surface area (Å²) in [6, 6.07) is 8.54. The first kappa shape index (κ1) is 11.2. The standard InChI is InChI=1S/C13H17BrO/c1-2-15-10-13(8-5-9-13)11-6-3-4-7-12(11)14/h3-4,6-7H,2,5,8-10H2,1H3. The zero-order valence-electron chi connectivity index (χ0n) is 9.13. The van der Waals surface area contributed by atoms with Gasteiger partial charge in [-0.3, -0.25) is 0 Å². The van der Waals surface area contributed by atoms with Crippen molar-refractivity contribution in [3.8, 4) is 0 Å². The zero-order valence-corrected chi connectivity index (χ0v) is 10.7. The molecule has 0 aromatic heterocycles. The molecule has 1 aliphatic rings. The van der Waals surface area contributed by atoms with Gasteiger partial charge in [0.15, 0.2) is 0 Å². The summed E-state index contributed by atoms with van der Waals surface area (Å²) < 4.78 is 6.86. The Hall–Kier alpha value is -0.340. The van der Waals surface area contributed by atoms with Crippen LogP contribution in [0.4, 0.5) is 0 Å². The van der Waals surface area contributed by atoms with Crippen molar-refractivity contribution in [2.75, 3.05) is 13.2 Å². The fraction of sp³-hybridized carbons (Fsp3) is 0.538. The van der Waals surface area contributed by atoms with E-state index in [-0.39, 0.29) is 5.41 Å². The Morgan fingerprint density at radius 3 is 2.60 bits per heavy atom. The van der Waals surface area contributed by atoms with Crippen molar-refractivity contribution in [1.82, 2.24) is 0 Å². The molecule has 1 aromatic carbocycles. The SMILES string of the molecule is CCOCC1(c2ccccc2Br)CCC1. The maximum Gasteiger partial charge on any atom is 0.0563 e. The monoisotopic (exact) mass is 268 g/mol. The number of hydrogen-bond acceptors (Lipinski definition) is 1. The van der Waals surface area contributed by atoms with Gasteiger partial charge in [0.2, 0.25) is 0 Å². The van der Waals surface area contributed by atoms with Gasteiger partial charge in [-0.1, -0.05) is 40.5 Å². The summed E-state index contributed by atoms with van der Waals surface area (Å²) in [4.78, 5) is 0. The summed E-state index contributed by atoms with van der Waals surface area (Å²) >= 11 is 3.64. The van der Waals surface area contributed by atoms with Crippen LogP contribution in [0.25, 0.3) is 0 Å². The lowest BCUT2D eigenvalue weighted by molar-refractivity contribution is 0.0518. The normalized spacial score (nSPS) is 18.5. The molecule has 0 radical (unpaired) electrons. The summed E-state index contributed by atoms with van der Waals surface area (Å²) in [5.74, 6) is 0. The van der Waals surface area contributed by atoms with Crippen LogP contribution in [-0.4, -0.2) is 13.2 Å². The van der Waals surface area contributed by atoms with Crippen molar-refractivity contribution in [3.63, 3.8) is 0 Å². The summed E-state index contributed by atoms with van der Waals surface area (Å²) in [7, 11) is 0. The Morgan fingerprint density at radius 1 is 1.33 bits per heavy atom. The van der Waals surface area contributed by atoms with Crippen molar-refractivity contribution >= 4 is 15.9 Å². The third-order valence-electron chi connectivity index (χ3n) is 3.34. The van der Waals surface area contributed by atoms with E-state index in [9.17, 15) is 0 Å². The maximum absolute atomic E-state index is 5.63. The molecule has 0 spiro atoms. The molecule has 2 heteroatoms. The van der Waals surface area contributed by atoms with Crippen LogP contribution in [0.2, 0.25) is 0 Å². The molecule has 0 saturated heterocycles. The topological polar surface area (TPSA) is 9.23 Å². The molecule has 0 amide bonds. The summed E-state index contributed by atoms with van der Waals surface area (Å²) in [6.07, 6.45) is 3.85. The lowest BCUT2D eigenvalue weighted by Gasteiger charge is -2.42. The summed E-state index contributed by atoms with van der Waals surface area (Å²) in [5, 5.41) is 0. The fourth-order valence-electron chi connectivity index (χ4n) is 2.28. The lowest BCUT2D eigenvalue weighted by Crippen LogP contribution is -2.39. The first-order valence-corrected chi connectivity index (χ1v) is 6.40. The van der Waals surface area contributed by atoms with Crippen molar-refractivity contribution in [1.29, 1.82) is 0 Å². The van der Waals surface area contributed by atoms with Crippen molar-refractivity contribution in [2.45, 2.75) is 31.6 Å². The van der Waals surface area contributed by atoms with Gasteiger partial charge >= 0.3 is 0 Å². The van der Waals surface area contributed by atoms with Crippen LogP contribution in [-0.2, 0) is 10.2 Å². The van der Waals surface area contributed by atoms with E-state index in [0.29, 0.717) is 0 Å². The number of hydrogen-bond donors (Lipinski definition) is 0. The number of halogens is 1. The molecule has 82 valence electrons. The minimum atomic E-state index is 0.288. The van der Waals surface area contributed by atoms with Crippen molar-refractivity contribution in [3.05, 3.63) is 34.3 Å². The zero-order chi connectivity index (χ0) is 10.7. The van der Waals surface area contributed by atoms with E-state index >= 15 is 0 Å². The highest BCUT2D eigenvalue weighted by Gasteiger charge is 2.39. The van der Waals surface area contributed by atoms with Gasteiger partial charge in [0.1, 0.15) is 0 Å². The largest absolute Gasteiger partial charge is 0.381 e. The van der Waals surface area contributed by atoms with Gasteiger partial charge in [-0.05, 0) is 31.4 Å². The van der Waals surface area contributed by atoms with Gasteiger partial charge in [0, 0.05) is 16.5 Å². The molecule has 15 heavy (non-hydrogen) atoms. The Bertz CT molecular complexity index is 331. The molecule has 1 nitrogen and oxygen atoms in total. The van der Waals surface area contributed by atoms with Crippen LogP contribution in [0.1, 0.15) is 31.7 Å². The highest BCUT2D eigenvalue weighted by atomic mass is 79.9. The molecule has 0 aliphatic heterocycles. The first-order valence-electron chi connectivity index (χ1n) is 5.61. The van der Waals surface area contributed by atoms with Gasteiger partial charge in [0.05, 0.1) is 6.61 Å². The molecule has 0 N–H and O–H groups in total. The van der Waals surface area contributed by atoms with E-state index in [1.807, 2.05) is 0 Å². The smallest absolute Gasteiger partial charge is 0.0563 e. The second-order valence-corrected chi connectivity index (χ2v) is 5.11. The van der Waals surface area contributed by atoms with Crippen LogP contribution in [0.3, 0.4) is 0 Å². The van der Waals surface area contributed by atoms with Gasteiger partial charge in [-0.25, -0.2) is 0 Å². The average molecular weight is 269 g/mol. The Balaban J connectivity index is 2.22. The molecule has 0 heterocycles. The molecule has 1 aromatic rings. The first-order chi connectivity index (χ1) is 7.28. The molecular formula is C13H17BrO. The average Bonchev–Trinajstić information content (AvgIpc) is 2.19. The summed E-state index contributed by atoms with van der Waals surface area (Å²) in [6.45, 7) is 3.74. The van der Waals surface area contributed by atoms with E-state index in [0.717, 1.165) is 13.2 Å². The second kappa shape index (κ2) is 4.67. The third kappa shape index (κ3) is 2.11. The molecule has 2 rings (SSSR count). The quantitative estimate of drug-likeness (QED) is 0.805. The highest BCUT2D eigenvalue weighted by molar-refractivity contribution is 9.10. The lowest BCUT2D eigenvalue weighted by atomic mass is 9.65.